The second-order valence-electron chi connectivity index (χ2n) is 7.21. The van der Waals surface area contributed by atoms with Gasteiger partial charge in [0.15, 0.2) is 10.9 Å². The van der Waals surface area contributed by atoms with Gasteiger partial charge in [-0.1, -0.05) is 32.0 Å². The number of amides is 1. The van der Waals surface area contributed by atoms with Crippen LogP contribution in [0.1, 0.15) is 56.2 Å². The van der Waals surface area contributed by atoms with Gasteiger partial charge >= 0.3 is 0 Å². The monoisotopic (exact) mass is 386 g/mol. The summed E-state index contributed by atoms with van der Waals surface area (Å²) in [4.78, 5) is 24.5. The summed E-state index contributed by atoms with van der Waals surface area (Å²) in [7, 11) is 0. The van der Waals surface area contributed by atoms with E-state index < -0.39 is 0 Å². The molecule has 6 nitrogen and oxygen atoms in total. The minimum atomic E-state index is -0.252. The number of hydrogen-bond donors (Lipinski definition) is 1. The molecule has 0 aliphatic carbocycles. The molecule has 0 saturated carbocycles. The van der Waals surface area contributed by atoms with Crippen molar-refractivity contribution in [3.63, 3.8) is 0 Å². The summed E-state index contributed by atoms with van der Waals surface area (Å²) in [6, 6.07) is 7.07. The molecule has 7 heteroatoms. The summed E-state index contributed by atoms with van der Waals surface area (Å²) in [6.07, 6.45) is 4.45. The number of nitrogens with one attached hydrogen (secondary N) is 1. The van der Waals surface area contributed by atoms with Gasteiger partial charge in [0, 0.05) is 30.1 Å². The van der Waals surface area contributed by atoms with E-state index in [1.807, 2.05) is 20.8 Å². The van der Waals surface area contributed by atoms with Gasteiger partial charge in [0.1, 0.15) is 5.82 Å². The molecule has 2 heterocycles. The predicted octanol–water partition coefficient (Wildman–Crippen LogP) is 3.96. The zero-order valence-electron chi connectivity index (χ0n) is 16.1. The van der Waals surface area contributed by atoms with E-state index in [0.717, 1.165) is 36.8 Å². The van der Waals surface area contributed by atoms with Crippen LogP contribution in [0, 0.1) is 5.92 Å². The second-order valence-corrected chi connectivity index (χ2v) is 8.51. The minimum absolute atomic E-state index is 0.0366. The molecule has 0 radical (unpaired) electrons. The molecule has 144 valence electrons. The molecule has 0 fully saturated rings. The van der Waals surface area contributed by atoms with Crippen LogP contribution in [-0.4, -0.2) is 31.7 Å². The van der Waals surface area contributed by atoms with E-state index in [4.69, 9.17) is 0 Å². The molecule has 3 rings (SSSR count). The summed E-state index contributed by atoms with van der Waals surface area (Å²) < 4.78 is 2.16. The average molecular weight is 387 g/mol. The zero-order valence-corrected chi connectivity index (χ0v) is 16.9. The van der Waals surface area contributed by atoms with Crippen LogP contribution in [0.3, 0.4) is 0 Å². The predicted molar refractivity (Wildman–Crippen MR) is 107 cm³/mol. The molecular weight excluding hydrogens is 360 g/mol. The van der Waals surface area contributed by atoms with E-state index in [-0.39, 0.29) is 22.9 Å². The van der Waals surface area contributed by atoms with Gasteiger partial charge in [0.05, 0.1) is 5.25 Å². The first kappa shape index (κ1) is 19.6. The molecular formula is C20H26N4O2S. The SMILES string of the molecule is CC(C)C(=O)Nc1ccc(C(=O)[C@@H](C)Sc2nnc3n2CCCCC3)cc1. The maximum Gasteiger partial charge on any atom is 0.226 e. The molecule has 1 N–H and O–H groups in total. The number of rotatable bonds is 6. The van der Waals surface area contributed by atoms with Crippen LogP contribution < -0.4 is 5.32 Å². The molecule has 1 aromatic heterocycles. The first-order valence-corrected chi connectivity index (χ1v) is 10.4. The topological polar surface area (TPSA) is 76.9 Å². The molecule has 27 heavy (non-hydrogen) atoms. The number of aromatic nitrogens is 3. The Labute approximate surface area is 164 Å². The number of carbonyl (C=O) groups excluding carboxylic acids is 2. The number of aryl methyl sites for hydroxylation is 1. The fourth-order valence-corrected chi connectivity index (χ4v) is 3.97. The smallest absolute Gasteiger partial charge is 0.226 e. The third-order valence-electron chi connectivity index (χ3n) is 4.69. The van der Waals surface area contributed by atoms with Gasteiger partial charge in [-0.05, 0) is 44.0 Å². The third kappa shape index (κ3) is 4.77. The fraction of sp³-hybridized carbons (Fsp3) is 0.500. The zero-order chi connectivity index (χ0) is 19.4. The lowest BCUT2D eigenvalue weighted by molar-refractivity contribution is -0.118. The molecule has 1 aromatic carbocycles. The van der Waals surface area contributed by atoms with Crippen LogP contribution in [-0.2, 0) is 17.8 Å². The van der Waals surface area contributed by atoms with Crippen LogP contribution in [0.4, 0.5) is 5.69 Å². The van der Waals surface area contributed by atoms with Crippen molar-refractivity contribution in [3.05, 3.63) is 35.7 Å². The Balaban J connectivity index is 1.65. The van der Waals surface area contributed by atoms with Gasteiger partial charge in [0.25, 0.3) is 0 Å². The lowest BCUT2D eigenvalue weighted by Gasteiger charge is -2.12. The van der Waals surface area contributed by atoms with Crippen molar-refractivity contribution in [1.29, 1.82) is 0 Å². The van der Waals surface area contributed by atoms with Crippen molar-refractivity contribution in [3.8, 4) is 0 Å². The van der Waals surface area contributed by atoms with E-state index in [2.05, 4.69) is 20.1 Å². The number of thioether (sulfide) groups is 1. The lowest BCUT2D eigenvalue weighted by Crippen LogP contribution is -2.18. The highest BCUT2D eigenvalue weighted by Gasteiger charge is 2.22. The van der Waals surface area contributed by atoms with E-state index >= 15 is 0 Å². The van der Waals surface area contributed by atoms with Crippen molar-refractivity contribution < 1.29 is 9.59 Å². The first-order valence-electron chi connectivity index (χ1n) is 9.49. The number of Topliss-reactive ketones (excluding diaryl/α,β-unsaturated/α-hetero) is 1. The molecule has 0 bridgehead atoms. The number of ketones is 1. The first-order chi connectivity index (χ1) is 13.0. The summed E-state index contributed by atoms with van der Waals surface area (Å²) in [5.74, 6) is 0.958. The van der Waals surface area contributed by atoms with Gasteiger partial charge in [0.2, 0.25) is 5.91 Å². The minimum Gasteiger partial charge on any atom is -0.326 e. The second kappa shape index (κ2) is 8.69. The van der Waals surface area contributed by atoms with Gasteiger partial charge in [-0.3, -0.25) is 9.59 Å². The number of carbonyl (C=O) groups is 2. The highest BCUT2D eigenvalue weighted by Crippen LogP contribution is 2.27. The van der Waals surface area contributed by atoms with Gasteiger partial charge in [-0.15, -0.1) is 10.2 Å². The van der Waals surface area contributed by atoms with Gasteiger partial charge in [-0.2, -0.15) is 0 Å². The Morgan fingerprint density at radius 1 is 1.07 bits per heavy atom. The van der Waals surface area contributed by atoms with E-state index in [1.54, 1.807) is 24.3 Å². The Morgan fingerprint density at radius 2 is 1.81 bits per heavy atom. The lowest BCUT2D eigenvalue weighted by atomic mass is 10.1. The molecule has 1 atom stereocenters. The maximum atomic E-state index is 12.8. The van der Waals surface area contributed by atoms with Crippen molar-refractivity contribution >= 4 is 29.1 Å². The highest BCUT2D eigenvalue weighted by atomic mass is 32.2. The highest BCUT2D eigenvalue weighted by molar-refractivity contribution is 8.00. The number of anilines is 1. The van der Waals surface area contributed by atoms with Crippen molar-refractivity contribution in [1.82, 2.24) is 14.8 Å². The van der Waals surface area contributed by atoms with Crippen molar-refractivity contribution in [2.24, 2.45) is 5.92 Å². The Bertz CT molecular complexity index is 814. The Morgan fingerprint density at radius 3 is 2.52 bits per heavy atom. The van der Waals surface area contributed by atoms with Gasteiger partial charge < -0.3 is 9.88 Å². The number of nitrogens with zero attached hydrogens (tertiary/aromatic N) is 3. The third-order valence-corrected chi connectivity index (χ3v) is 5.77. The molecule has 0 unspecified atom stereocenters. The molecule has 0 spiro atoms. The average Bonchev–Trinajstić information content (AvgIpc) is 2.88. The van der Waals surface area contributed by atoms with Crippen LogP contribution >= 0.6 is 11.8 Å². The van der Waals surface area contributed by atoms with Crippen molar-refractivity contribution in [2.45, 2.75) is 63.4 Å². The molecule has 1 amide bonds. The van der Waals surface area contributed by atoms with Crippen LogP contribution in [0.5, 0.6) is 0 Å². The maximum absolute atomic E-state index is 12.8. The summed E-state index contributed by atoms with van der Waals surface area (Å²) in [6.45, 7) is 6.52. The quantitative estimate of drug-likeness (QED) is 0.601. The molecule has 1 aliphatic rings. The largest absolute Gasteiger partial charge is 0.326 e. The van der Waals surface area contributed by atoms with Crippen molar-refractivity contribution in [2.75, 3.05) is 5.32 Å². The number of hydrogen-bond acceptors (Lipinski definition) is 5. The van der Waals surface area contributed by atoms with E-state index in [9.17, 15) is 9.59 Å². The van der Waals surface area contributed by atoms with Gasteiger partial charge in [-0.25, -0.2) is 0 Å². The summed E-state index contributed by atoms with van der Waals surface area (Å²) >= 11 is 1.47. The fourth-order valence-electron chi connectivity index (χ4n) is 3.00. The van der Waals surface area contributed by atoms with E-state index in [1.165, 1.54) is 18.2 Å². The standard InChI is InChI=1S/C20H26N4O2S/c1-13(2)19(26)21-16-10-8-15(9-11-16)18(25)14(3)27-20-23-22-17-7-5-4-6-12-24(17)20/h8-11,13-14H,4-7,12H2,1-3H3,(H,21,26)/t14-/m1/s1. The Kier molecular flexibility index (Phi) is 6.31. The summed E-state index contributed by atoms with van der Waals surface area (Å²) in [5.41, 5.74) is 1.33. The van der Waals surface area contributed by atoms with Crippen LogP contribution in [0.15, 0.2) is 29.4 Å². The molecule has 1 aliphatic heterocycles. The number of fused-ring (bicyclic) bond motifs is 1. The molecule has 2 aromatic rings. The summed E-state index contributed by atoms with van der Waals surface area (Å²) in [5, 5.41) is 12.0. The normalized spacial score (nSPS) is 15.1. The van der Waals surface area contributed by atoms with Crippen LogP contribution in [0.2, 0.25) is 0 Å². The number of benzene rings is 1. The molecule has 0 saturated heterocycles. The Hall–Kier alpha value is -2.15. The van der Waals surface area contributed by atoms with E-state index in [0.29, 0.717) is 11.3 Å². The van der Waals surface area contributed by atoms with Crippen LogP contribution in [0.25, 0.3) is 0 Å².